The van der Waals surface area contributed by atoms with Crippen molar-refractivity contribution in [3.8, 4) is 0 Å². The fourth-order valence-corrected chi connectivity index (χ4v) is 2.60. The second-order valence-corrected chi connectivity index (χ2v) is 5.23. The minimum atomic E-state index is 0.0913. The van der Waals surface area contributed by atoms with E-state index in [2.05, 4.69) is 23.8 Å². The van der Waals surface area contributed by atoms with Crippen LogP contribution in [0.4, 0.5) is 0 Å². The summed E-state index contributed by atoms with van der Waals surface area (Å²) >= 11 is 0. The molecule has 0 radical (unpaired) electrons. The van der Waals surface area contributed by atoms with Crippen molar-refractivity contribution in [2.45, 2.75) is 44.7 Å². The van der Waals surface area contributed by atoms with Gasteiger partial charge in [0.25, 0.3) is 0 Å². The molecule has 0 spiro atoms. The monoisotopic (exact) mass is 243 g/mol. The van der Waals surface area contributed by atoms with Crippen molar-refractivity contribution in [2.24, 2.45) is 5.73 Å². The van der Waals surface area contributed by atoms with Crippen molar-refractivity contribution >= 4 is 0 Å². The van der Waals surface area contributed by atoms with Gasteiger partial charge in [-0.25, -0.2) is 0 Å². The zero-order valence-electron chi connectivity index (χ0n) is 11.4. The fraction of sp³-hybridized carbons (Fsp3) is 1.00. The molecule has 1 heterocycles. The predicted octanol–water partition coefficient (Wildman–Crippen LogP) is 0.502. The molecule has 0 aromatic heterocycles. The van der Waals surface area contributed by atoms with Gasteiger partial charge in [-0.15, -0.1) is 0 Å². The predicted molar refractivity (Wildman–Crippen MR) is 72.1 cm³/mol. The lowest BCUT2D eigenvalue weighted by Crippen LogP contribution is -2.50. The van der Waals surface area contributed by atoms with Crippen LogP contribution in [0.15, 0.2) is 0 Å². The Hall–Kier alpha value is -0.160. The summed E-state index contributed by atoms with van der Waals surface area (Å²) in [6.07, 6.45) is 4.74. The number of aliphatic hydroxyl groups is 1. The first-order chi connectivity index (χ1) is 8.19. The SMILES string of the molecule is CCCC(N)C(CO)N(C)CCN1CCCC1. The van der Waals surface area contributed by atoms with Gasteiger partial charge >= 0.3 is 0 Å². The Bertz CT molecular complexity index is 195. The van der Waals surface area contributed by atoms with Gasteiger partial charge in [-0.05, 0) is 39.4 Å². The first-order valence-corrected chi connectivity index (χ1v) is 6.98. The lowest BCUT2D eigenvalue weighted by Gasteiger charge is -2.32. The summed E-state index contributed by atoms with van der Waals surface area (Å²) in [5, 5.41) is 9.45. The summed E-state index contributed by atoms with van der Waals surface area (Å²) < 4.78 is 0. The van der Waals surface area contributed by atoms with Crippen LogP contribution in [0, 0.1) is 0 Å². The van der Waals surface area contributed by atoms with E-state index in [1.807, 2.05) is 0 Å². The highest BCUT2D eigenvalue weighted by Crippen LogP contribution is 2.09. The summed E-state index contributed by atoms with van der Waals surface area (Å²) in [5.41, 5.74) is 6.11. The molecule has 0 saturated carbocycles. The minimum Gasteiger partial charge on any atom is -0.395 e. The number of hydrogen-bond acceptors (Lipinski definition) is 4. The molecular formula is C13H29N3O. The van der Waals surface area contributed by atoms with Gasteiger partial charge in [-0.3, -0.25) is 4.90 Å². The Kier molecular flexibility index (Phi) is 7.04. The van der Waals surface area contributed by atoms with E-state index in [0.29, 0.717) is 0 Å². The molecule has 1 saturated heterocycles. The molecular weight excluding hydrogens is 214 g/mol. The molecule has 0 bridgehead atoms. The van der Waals surface area contributed by atoms with Gasteiger partial charge in [0, 0.05) is 25.2 Å². The fourth-order valence-electron chi connectivity index (χ4n) is 2.60. The number of nitrogens with zero attached hydrogens (tertiary/aromatic N) is 2. The molecule has 2 unspecified atom stereocenters. The molecule has 4 nitrogen and oxygen atoms in total. The third kappa shape index (κ3) is 4.92. The van der Waals surface area contributed by atoms with Gasteiger partial charge in [-0.2, -0.15) is 0 Å². The molecule has 1 fully saturated rings. The molecule has 1 aliphatic heterocycles. The molecule has 4 heteroatoms. The van der Waals surface area contributed by atoms with E-state index in [0.717, 1.165) is 25.9 Å². The maximum Gasteiger partial charge on any atom is 0.0601 e. The molecule has 0 amide bonds. The van der Waals surface area contributed by atoms with E-state index >= 15 is 0 Å². The number of nitrogens with two attached hydrogens (primary N) is 1. The van der Waals surface area contributed by atoms with E-state index in [1.54, 1.807) is 0 Å². The van der Waals surface area contributed by atoms with Crippen LogP contribution in [0.2, 0.25) is 0 Å². The smallest absolute Gasteiger partial charge is 0.0601 e. The van der Waals surface area contributed by atoms with Crippen molar-refractivity contribution in [1.29, 1.82) is 0 Å². The molecule has 3 N–H and O–H groups in total. The van der Waals surface area contributed by atoms with E-state index in [9.17, 15) is 5.11 Å². The van der Waals surface area contributed by atoms with Crippen LogP contribution in [0.3, 0.4) is 0 Å². The summed E-state index contributed by atoms with van der Waals surface area (Å²) in [5.74, 6) is 0. The molecule has 0 aromatic carbocycles. The van der Waals surface area contributed by atoms with E-state index < -0.39 is 0 Å². The number of rotatable bonds is 8. The third-order valence-electron chi connectivity index (χ3n) is 3.84. The van der Waals surface area contributed by atoms with Crippen LogP contribution in [0.5, 0.6) is 0 Å². The first-order valence-electron chi connectivity index (χ1n) is 6.98. The lowest BCUT2D eigenvalue weighted by molar-refractivity contribution is 0.114. The zero-order valence-corrected chi connectivity index (χ0v) is 11.4. The highest BCUT2D eigenvalue weighted by Gasteiger charge is 2.21. The summed E-state index contributed by atoms with van der Waals surface area (Å²) in [4.78, 5) is 4.72. The molecule has 0 aromatic rings. The van der Waals surface area contributed by atoms with Crippen molar-refractivity contribution in [3.05, 3.63) is 0 Å². The summed E-state index contributed by atoms with van der Waals surface area (Å²) in [6, 6.07) is 0.200. The van der Waals surface area contributed by atoms with Crippen molar-refractivity contribution in [3.63, 3.8) is 0 Å². The Morgan fingerprint density at radius 1 is 1.35 bits per heavy atom. The lowest BCUT2D eigenvalue weighted by atomic mass is 10.0. The van der Waals surface area contributed by atoms with Crippen LogP contribution in [0.1, 0.15) is 32.6 Å². The van der Waals surface area contributed by atoms with Crippen LogP contribution in [0.25, 0.3) is 0 Å². The van der Waals surface area contributed by atoms with Crippen molar-refractivity contribution in [2.75, 3.05) is 39.8 Å². The van der Waals surface area contributed by atoms with E-state index in [1.165, 1.54) is 25.9 Å². The van der Waals surface area contributed by atoms with Crippen LogP contribution in [-0.4, -0.2) is 66.8 Å². The average Bonchev–Trinajstić information content (AvgIpc) is 2.80. The first kappa shape index (κ1) is 14.9. The summed E-state index contributed by atoms with van der Waals surface area (Å²) in [7, 11) is 2.08. The molecule has 102 valence electrons. The van der Waals surface area contributed by atoms with Gasteiger partial charge < -0.3 is 15.7 Å². The average molecular weight is 243 g/mol. The third-order valence-corrected chi connectivity index (χ3v) is 3.84. The topological polar surface area (TPSA) is 52.7 Å². The van der Waals surface area contributed by atoms with Crippen molar-refractivity contribution < 1.29 is 5.11 Å². The molecule has 0 aliphatic carbocycles. The minimum absolute atomic E-state index is 0.0913. The number of likely N-dealkylation sites (tertiary alicyclic amines) is 1. The summed E-state index contributed by atoms with van der Waals surface area (Å²) in [6.45, 7) is 6.88. The molecule has 17 heavy (non-hydrogen) atoms. The van der Waals surface area contributed by atoms with Crippen molar-refractivity contribution in [1.82, 2.24) is 9.80 Å². The molecule has 1 rings (SSSR count). The molecule has 2 atom stereocenters. The quantitative estimate of drug-likeness (QED) is 0.652. The maximum absolute atomic E-state index is 9.45. The Labute approximate surface area is 106 Å². The van der Waals surface area contributed by atoms with Crippen LogP contribution in [-0.2, 0) is 0 Å². The van der Waals surface area contributed by atoms with Gasteiger partial charge in [0.05, 0.1) is 6.61 Å². The Balaban J connectivity index is 2.29. The second-order valence-electron chi connectivity index (χ2n) is 5.23. The maximum atomic E-state index is 9.45. The largest absolute Gasteiger partial charge is 0.395 e. The van der Waals surface area contributed by atoms with Gasteiger partial charge in [0.1, 0.15) is 0 Å². The zero-order chi connectivity index (χ0) is 12.7. The second kappa shape index (κ2) is 8.03. The van der Waals surface area contributed by atoms with Crippen LogP contribution >= 0.6 is 0 Å². The molecule has 1 aliphatic rings. The van der Waals surface area contributed by atoms with Gasteiger partial charge in [0.2, 0.25) is 0 Å². The van der Waals surface area contributed by atoms with Crippen LogP contribution < -0.4 is 5.73 Å². The standard InChI is InChI=1S/C13H29N3O/c1-3-6-12(14)13(11-17)15(2)9-10-16-7-4-5-8-16/h12-13,17H,3-11,14H2,1-2H3. The number of likely N-dealkylation sites (N-methyl/N-ethyl adjacent to an activating group) is 1. The normalized spacial score (nSPS) is 21.0. The Morgan fingerprint density at radius 3 is 2.53 bits per heavy atom. The highest BCUT2D eigenvalue weighted by atomic mass is 16.3. The van der Waals surface area contributed by atoms with E-state index in [4.69, 9.17) is 5.73 Å². The van der Waals surface area contributed by atoms with Gasteiger partial charge in [-0.1, -0.05) is 13.3 Å². The highest BCUT2D eigenvalue weighted by molar-refractivity contribution is 4.80. The number of aliphatic hydroxyl groups excluding tert-OH is 1. The number of hydrogen-bond donors (Lipinski definition) is 2. The Morgan fingerprint density at radius 2 is 2.00 bits per heavy atom. The van der Waals surface area contributed by atoms with Gasteiger partial charge in [0.15, 0.2) is 0 Å². The van der Waals surface area contributed by atoms with E-state index in [-0.39, 0.29) is 18.7 Å².